The molecule has 0 fully saturated rings. The molecular weight excluding hydrogens is 550 g/mol. The summed E-state index contributed by atoms with van der Waals surface area (Å²) in [5, 5.41) is 7.37. The smallest absolute Gasteiger partial charge is 1.00 e. The molecule has 2 rings (SSSR count). The maximum Gasteiger partial charge on any atom is -1.00 e. The van der Waals surface area contributed by atoms with Crippen molar-refractivity contribution < 1.29 is 43.8 Å². The zero-order valence-corrected chi connectivity index (χ0v) is 25.6. The predicted molar refractivity (Wildman–Crippen MR) is 134 cm³/mol. The second-order valence-electron chi connectivity index (χ2n) is 12.1. The monoisotopic (exact) mass is 593 g/mol. The van der Waals surface area contributed by atoms with Crippen LogP contribution >= 0.6 is 0 Å². The summed E-state index contributed by atoms with van der Waals surface area (Å²) in [5.74, 6) is 0. The van der Waals surface area contributed by atoms with Crippen LogP contribution < -0.4 is 0 Å². The van der Waals surface area contributed by atoms with E-state index in [0.29, 0.717) is 42.4 Å². The van der Waals surface area contributed by atoms with Crippen LogP contribution in [0.3, 0.4) is 0 Å². The van der Waals surface area contributed by atoms with Crippen molar-refractivity contribution in [3.05, 3.63) is 33.6 Å². The average Bonchev–Trinajstić information content (AvgIpc) is 3.00. The van der Waals surface area contributed by atoms with E-state index >= 15 is 0 Å². The summed E-state index contributed by atoms with van der Waals surface area (Å²) in [5.41, 5.74) is 0. The van der Waals surface area contributed by atoms with Crippen LogP contribution in [0.25, 0.3) is 0 Å². The topological polar surface area (TPSA) is 0 Å². The van der Waals surface area contributed by atoms with Gasteiger partial charge in [0.15, 0.2) is 0 Å². The second kappa shape index (κ2) is 8.12. The van der Waals surface area contributed by atoms with E-state index in [1.807, 2.05) is 21.4 Å². The molecule has 2 aliphatic rings. The average molecular weight is 593 g/mol. The van der Waals surface area contributed by atoms with Crippen LogP contribution in [0.4, 0.5) is 0 Å². The molecule has 0 spiro atoms. The third kappa shape index (κ3) is 5.74. The summed E-state index contributed by atoms with van der Waals surface area (Å²) >= 11 is 0.635. The summed E-state index contributed by atoms with van der Waals surface area (Å²) in [7, 11) is -5.14. The Bertz CT molecular complexity index is 681. The first-order chi connectivity index (χ1) is 11.9. The molecule has 0 aromatic heterocycles. The van der Waals surface area contributed by atoms with Crippen molar-refractivity contribution in [2.24, 2.45) is 0 Å². The van der Waals surface area contributed by atoms with Gasteiger partial charge >= 0.3 is 200 Å². The molecule has 0 aliphatic heterocycles. The molecule has 0 atom stereocenters. The molecule has 27 heavy (non-hydrogen) atoms. The minimum absolute atomic E-state index is 0. The summed E-state index contributed by atoms with van der Waals surface area (Å²) in [6.07, 6.45) is 7.79. The van der Waals surface area contributed by atoms with Gasteiger partial charge in [-0.05, 0) is 0 Å². The molecule has 0 bridgehead atoms. The molecule has 0 amide bonds. The normalized spacial score (nSPS) is 20.0. The first kappa shape index (κ1) is 24.6. The van der Waals surface area contributed by atoms with Crippen LogP contribution in [-0.2, 0) is 0 Å². The maximum atomic E-state index is 2.64. The SMILES string of the molecule is C[Si](C)(C)C1=CC[C]([Yb][C]2=C([Si](C)(C)C)C([Si](C)(C)C)=CC2)=C1[Si](C)(C)C.[H-]. The van der Waals surface area contributed by atoms with Crippen LogP contribution in [0.15, 0.2) is 33.6 Å². The van der Waals surface area contributed by atoms with Gasteiger partial charge in [0.2, 0.25) is 0 Å². The van der Waals surface area contributed by atoms with Crippen molar-refractivity contribution in [3.8, 4) is 0 Å². The van der Waals surface area contributed by atoms with Gasteiger partial charge in [0.05, 0.1) is 0 Å². The molecule has 0 aromatic rings. The Labute approximate surface area is 198 Å². The van der Waals surface area contributed by atoms with Gasteiger partial charge in [0.25, 0.3) is 0 Å². The fourth-order valence-corrected chi connectivity index (χ4v) is 22.3. The fraction of sp³-hybridized carbons (Fsp3) is 0.636. The first-order valence-corrected chi connectivity index (χ1v) is 26.1. The molecule has 0 heterocycles. The first-order valence-electron chi connectivity index (χ1n) is 10.4. The fourth-order valence-electron chi connectivity index (χ4n) is 4.15. The van der Waals surface area contributed by atoms with Crippen molar-refractivity contribution in [3.63, 3.8) is 0 Å². The predicted octanol–water partition coefficient (Wildman–Crippen LogP) is 7.86. The van der Waals surface area contributed by atoms with E-state index in [9.17, 15) is 0 Å². The summed E-state index contributed by atoms with van der Waals surface area (Å²) < 4.78 is 3.70. The zero-order valence-electron chi connectivity index (χ0n) is 20.8. The van der Waals surface area contributed by atoms with E-state index < -0.39 is 32.3 Å². The Morgan fingerprint density at radius 2 is 0.852 bits per heavy atom. The third-order valence-electron chi connectivity index (χ3n) is 5.23. The third-order valence-corrected chi connectivity index (χ3v) is 17.3. The molecule has 162 valence electrons. The maximum absolute atomic E-state index is 2.64. The minimum Gasteiger partial charge on any atom is -1.00 e. The van der Waals surface area contributed by atoms with Crippen LogP contribution in [0.5, 0.6) is 0 Å². The Morgan fingerprint density at radius 3 is 1.07 bits per heavy atom. The van der Waals surface area contributed by atoms with Crippen LogP contribution in [-0.4, -0.2) is 32.3 Å². The summed E-state index contributed by atoms with van der Waals surface area (Å²) in [4.78, 5) is 0. The van der Waals surface area contributed by atoms with E-state index in [1.54, 1.807) is 0 Å². The molecule has 2 aliphatic carbocycles. The van der Waals surface area contributed by atoms with Gasteiger partial charge < -0.3 is 1.43 Å². The van der Waals surface area contributed by atoms with Crippen molar-refractivity contribution in [2.45, 2.75) is 91.4 Å². The molecular formula is C22H43Si4Yb-. The molecule has 5 heteroatoms. The Kier molecular flexibility index (Phi) is 7.40. The van der Waals surface area contributed by atoms with E-state index in [2.05, 4.69) is 90.7 Å². The largest absolute Gasteiger partial charge is 1.00 e. The standard InChI is InChI=1S/2C11H21Si2.Yb.H/c2*1-12(2,3)10-8-7-9-11(10)13(4,5)6;;/h2*8H,7H2,1-6H3;;/q;;;-1. The van der Waals surface area contributed by atoms with Gasteiger partial charge in [-0.3, -0.25) is 0 Å². The van der Waals surface area contributed by atoms with E-state index in [-0.39, 0.29) is 1.43 Å². The zero-order chi connectivity index (χ0) is 21.0. The van der Waals surface area contributed by atoms with Crippen molar-refractivity contribution >= 4 is 32.3 Å². The molecule has 0 saturated carbocycles. The molecule has 0 nitrogen and oxygen atoms in total. The number of rotatable bonds is 6. The van der Waals surface area contributed by atoms with Gasteiger partial charge in [-0.15, -0.1) is 0 Å². The van der Waals surface area contributed by atoms with Gasteiger partial charge in [-0.2, -0.15) is 0 Å². The molecule has 0 unspecified atom stereocenters. The van der Waals surface area contributed by atoms with Crippen molar-refractivity contribution in [1.82, 2.24) is 0 Å². The van der Waals surface area contributed by atoms with Crippen LogP contribution in [0.1, 0.15) is 14.3 Å². The number of hydrogen-bond donors (Lipinski definition) is 0. The van der Waals surface area contributed by atoms with Gasteiger partial charge in [-0.25, -0.2) is 0 Å². The molecule has 0 radical (unpaired) electrons. The summed E-state index contributed by atoms with van der Waals surface area (Å²) in [6.45, 7) is 30.7. The quantitative estimate of drug-likeness (QED) is 0.276. The Hall–Kier alpha value is 1.35. The number of hydrogen-bond acceptors (Lipinski definition) is 0. The Balaban J connectivity index is 0.00000392. The van der Waals surface area contributed by atoms with E-state index in [1.165, 1.54) is 12.8 Å². The van der Waals surface area contributed by atoms with Crippen molar-refractivity contribution in [1.29, 1.82) is 0 Å². The van der Waals surface area contributed by atoms with Gasteiger partial charge in [0, 0.05) is 0 Å². The van der Waals surface area contributed by atoms with Gasteiger partial charge in [0.1, 0.15) is 0 Å². The summed E-state index contributed by atoms with van der Waals surface area (Å²) in [6, 6.07) is 0. The van der Waals surface area contributed by atoms with Crippen LogP contribution in [0.2, 0.25) is 78.6 Å². The van der Waals surface area contributed by atoms with Crippen molar-refractivity contribution in [2.75, 3.05) is 0 Å². The van der Waals surface area contributed by atoms with E-state index in [0.717, 1.165) is 0 Å². The van der Waals surface area contributed by atoms with Crippen LogP contribution in [0, 0.1) is 42.4 Å². The van der Waals surface area contributed by atoms with E-state index in [4.69, 9.17) is 0 Å². The second-order valence-corrected chi connectivity index (χ2v) is 34.7. The molecule has 0 saturated heterocycles. The molecule has 0 aromatic carbocycles. The van der Waals surface area contributed by atoms with Gasteiger partial charge in [-0.1, -0.05) is 0 Å². The molecule has 0 N–H and O–H groups in total. The number of allylic oxidation sites excluding steroid dienone is 8. The minimum atomic E-state index is -1.31. The Morgan fingerprint density at radius 1 is 0.556 bits per heavy atom.